The first-order valence-electron chi connectivity index (χ1n) is 4.61. The van der Waals surface area contributed by atoms with Gasteiger partial charge in [-0.15, -0.1) is 11.8 Å². The summed E-state index contributed by atoms with van der Waals surface area (Å²) in [5.74, 6) is -0.636. The molecule has 1 aromatic carbocycles. The van der Waals surface area contributed by atoms with Crippen LogP contribution in [0.2, 0.25) is 0 Å². The number of primary amides is 1. The summed E-state index contributed by atoms with van der Waals surface area (Å²) in [6, 6.07) is 5.63. The van der Waals surface area contributed by atoms with Crippen LogP contribution >= 0.6 is 27.7 Å². The second-order valence-corrected chi connectivity index (χ2v) is 5.57. The fourth-order valence-electron chi connectivity index (χ4n) is 1.44. The van der Waals surface area contributed by atoms with E-state index in [2.05, 4.69) is 21.2 Å². The second kappa shape index (κ2) is 4.47. The number of thioether (sulfide) groups is 1. The van der Waals surface area contributed by atoms with Crippen molar-refractivity contribution in [3.63, 3.8) is 0 Å². The SMILES string of the molecule is NC(=O)CC1Sc2ccc(Br)cc2NC1=O. The highest BCUT2D eigenvalue weighted by atomic mass is 79.9. The summed E-state index contributed by atoms with van der Waals surface area (Å²) in [5, 5.41) is 2.33. The third-order valence-corrected chi connectivity index (χ3v) is 3.92. The smallest absolute Gasteiger partial charge is 0.238 e. The van der Waals surface area contributed by atoms with E-state index < -0.39 is 11.2 Å². The van der Waals surface area contributed by atoms with Gasteiger partial charge in [0, 0.05) is 15.8 Å². The Hall–Kier alpha value is -1.01. The van der Waals surface area contributed by atoms with E-state index in [0.717, 1.165) is 15.1 Å². The van der Waals surface area contributed by atoms with Gasteiger partial charge in [0.1, 0.15) is 0 Å². The predicted molar refractivity (Wildman–Crippen MR) is 66.2 cm³/mol. The summed E-state index contributed by atoms with van der Waals surface area (Å²) in [6.07, 6.45) is 0.0615. The number of halogens is 1. The lowest BCUT2D eigenvalue weighted by atomic mass is 10.2. The number of carbonyl (C=O) groups is 2. The standard InChI is InChI=1S/C10H9BrN2O2S/c11-5-1-2-7-6(3-5)13-10(15)8(16-7)4-9(12)14/h1-3,8H,4H2,(H2,12,14)(H,13,15). The minimum Gasteiger partial charge on any atom is -0.370 e. The Balaban J connectivity index is 2.25. The Kier molecular flexibility index (Phi) is 3.20. The van der Waals surface area contributed by atoms with E-state index >= 15 is 0 Å². The van der Waals surface area contributed by atoms with E-state index in [0.29, 0.717) is 0 Å². The Morgan fingerprint density at radius 2 is 2.31 bits per heavy atom. The summed E-state index contributed by atoms with van der Waals surface area (Å²) >= 11 is 4.70. The molecule has 0 saturated carbocycles. The van der Waals surface area contributed by atoms with Crippen LogP contribution in [0, 0.1) is 0 Å². The van der Waals surface area contributed by atoms with Gasteiger partial charge in [-0.2, -0.15) is 0 Å². The number of carbonyl (C=O) groups excluding carboxylic acids is 2. The van der Waals surface area contributed by atoms with Gasteiger partial charge in [-0.3, -0.25) is 9.59 Å². The van der Waals surface area contributed by atoms with E-state index in [4.69, 9.17) is 5.73 Å². The molecule has 6 heteroatoms. The molecule has 0 aromatic heterocycles. The fourth-order valence-corrected chi connectivity index (χ4v) is 2.90. The number of amides is 2. The number of anilines is 1. The van der Waals surface area contributed by atoms with E-state index in [1.54, 1.807) is 0 Å². The van der Waals surface area contributed by atoms with Crippen LogP contribution in [0.25, 0.3) is 0 Å². The molecule has 0 fully saturated rings. The number of nitrogens with two attached hydrogens (primary N) is 1. The van der Waals surface area contributed by atoms with Crippen LogP contribution in [-0.2, 0) is 9.59 Å². The van der Waals surface area contributed by atoms with Crippen LogP contribution in [0.5, 0.6) is 0 Å². The van der Waals surface area contributed by atoms with Gasteiger partial charge in [0.15, 0.2) is 0 Å². The van der Waals surface area contributed by atoms with E-state index in [9.17, 15) is 9.59 Å². The molecule has 0 aliphatic carbocycles. The molecule has 4 nitrogen and oxygen atoms in total. The maximum absolute atomic E-state index is 11.6. The molecule has 2 amide bonds. The molecule has 1 aliphatic rings. The largest absolute Gasteiger partial charge is 0.370 e. The average Bonchev–Trinajstić information content (AvgIpc) is 2.19. The van der Waals surface area contributed by atoms with Crippen molar-refractivity contribution in [2.24, 2.45) is 5.73 Å². The Morgan fingerprint density at radius 3 is 3.00 bits per heavy atom. The number of hydrogen-bond donors (Lipinski definition) is 2. The summed E-state index contributed by atoms with van der Waals surface area (Å²) < 4.78 is 0.903. The summed E-state index contributed by atoms with van der Waals surface area (Å²) in [7, 11) is 0. The molecule has 1 aliphatic heterocycles. The molecule has 1 heterocycles. The minimum absolute atomic E-state index is 0.0615. The average molecular weight is 301 g/mol. The van der Waals surface area contributed by atoms with Crippen LogP contribution in [0.4, 0.5) is 5.69 Å². The van der Waals surface area contributed by atoms with Gasteiger partial charge in [0.25, 0.3) is 0 Å². The normalized spacial score (nSPS) is 18.8. The summed E-state index contributed by atoms with van der Waals surface area (Å²) in [4.78, 5) is 23.4. The second-order valence-electron chi connectivity index (χ2n) is 3.41. The van der Waals surface area contributed by atoms with Crippen molar-refractivity contribution < 1.29 is 9.59 Å². The lowest BCUT2D eigenvalue weighted by molar-refractivity contribution is -0.121. The molecular formula is C10H9BrN2O2S. The number of fused-ring (bicyclic) bond motifs is 1. The molecule has 0 radical (unpaired) electrons. The van der Waals surface area contributed by atoms with Crippen LogP contribution < -0.4 is 11.1 Å². The van der Waals surface area contributed by atoms with Crippen LogP contribution in [0.3, 0.4) is 0 Å². The van der Waals surface area contributed by atoms with Crippen molar-refractivity contribution in [1.82, 2.24) is 0 Å². The van der Waals surface area contributed by atoms with Gasteiger partial charge >= 0.3 is 0 Å². The number of benzene rings is 1. The Labute approximate surface area is 105 Å². The lowest BCUT2D eigenvalue weighted by Crippen LogP contribution is -2.32. The highest BCUT2D eigenvalue weighted by Gasteiger charge is 2.28. The van der Waals surface area contributed by atoms with Crippen molar-refractivity contribution in [3.8, 4) is 0 Å². The van der Waals surface area contributed by atoms with E-state index in [1.165, 1.54) is 11.8 Å². The molecule has 1 unspecified atom stereocenters. The third-order valence-electron chi connectivity index (χ3n) is 2.15. The quantitative estimate of drug-likeness (QED) is 0.874. The van der Waals surface area contributed by atoms with Gasteiger partial charge in [0.05, 0.1) is 10.9 Å². The van der Waals surface area contributed by atoms with Gasteiger partial charge in [-0.1, -0.05) is 15.9 Å². The first kappa shape index (κ1) is 11.5. The molecule has 1 aromatic rings. The molecule has 1 atom stereocenters. The Morgan fingerprint density at radius 1 is 1.56 bits per heavy atom. The van der Waals surface area contributed by atoms with Gasteiger partial charge in [0.2, 0.25) is 11.8 Å². The van der Waals surface area contributed by atoms with Crippen molar-refractivity contribution in [1.29, 1.82) is 0 Å². The third kappa shape index (κ3) is 2.38. The first-order valence-corrected chi connectivity index (χ1v) is 6.29. The van der Waals surface area contributed by atoms with Crippen LogP contribution in [0.1, 0.15) is 6.42 Å². The maximum Gasteiger partial charge on any atom is 0.238 e. The van der Waals surface area contributed by atoms with Crippen molar-refractivity contribution in [2.75, 3.05) is 5.32 Å². The first-order chi connectivity index (χ1) is 7.56. The minimum atomic E-state index is -0.465. The van der Waals surface area contributed by atoms with E-state index in [-0.39, 0.29) is 12.3 Å². The number of nitrogens with one attached hydrogen (secondary N) is 1. The molecule has 3 N–H and O–H groups in total. The van der Waals surface area contributed by atoms with Crippen molar-refractivity contribution in [3.05, 3.63) is 22.7 Å². The number of rotatable bonds is 2. The van der Waals surface area contributed by atoms with Crippen molar-refractivity contribution in [2.45, 2.75) is 16.6 Å². The van der Waals surface area contributed by atoms with Crippen molar-refractivity contribution >= 4 is 45.2 Å². The topological polar surface area (TPSA) is 72.2 Å². The van der Waals surface area contributed by atoms with E-state index in [1.807, 2.05) is 18.2 Å². The summed E-state index contributed by atoms with van der Waals surface area (Å²) in [6.45, 7) is 0. The highest BCUT2D eigenvalue weighted by molar-refractivity contribution is 9.10. The molecule has 84 valence electrons. The highest BCUT2D eigenvalue weighted by Crippen LogP contribution is 2.38. The molecular weight excluding hydrogens is 292 g/mol. The fraction of sp³-hybridized carbons (Fsp3) is 0.200. The Bertz CT molecular complexity index is 464. The summed E-state index contributed by atoms with van der Waals surface area (Å²) in [5.41, 5.74) is 5.86. The zero-order valence-electron chi connectivity index (χ0n) is 8.20. The van der Waals surface area contributed by atoms with Gasteiger partial charge in [-0.05, 0) is 18.2 Å². The predicted octanol–water partition coefficient (Wildman–Crippen LogP) is 1.74. The lowest BCUT2D eigenvalue weighted by Gasteiger charge is -2.23. The van der Waals surface area contributed by atoms with Crippen LogP contribution in [0.15, 0.2) is 27.6 Å². The zero-order valence-corrected chi connectivity index (χ0v) is 10.6. The number of hydrogen-bond acceptors (Lipinski definition) is 3. The van der Waals surface area contributed by atoms with Gasteiger partial charge in [-0.25, -0.2) is 0 Å². The molecule has 0 bridgehead atoms. The molecule has 0 spiro atoms. The van der Waals surface area contributed by atoms with Crippen LogP contribution in [-0.4, -0.2) is 17.1 Å². The molecule has 2 rings (SSSR count). The zero-order chi connectivity index (χ0) is 11.7. The van der Waals surface area contributed by atoms with Gasteiger partial charge < -0.3 is 11.1 Å². The maximum atomic E-state index is 11.6. The monoisotopic (exact) mass is 300 g/mol. The molecule has 0 saturated heterocycles. The molecule has 16 heavy (non-hydrogen) atoms.